The second-order valence-electron chi connectivity index (χ2n) is 6.21. The minimum absolute atomic E-state index is 0. The number of rotatable bonds is 11. The Morgan fingerprint density at radius 1 is 0.870 bits per heavy atom. The largest absolute Gasteiger partial charge is 1.00 e. The topological polar surface area (TPSA) is 19.7 Å². The Morgan fingerprint density at radius 3 is 2.39 bits per heavy atom. The van der Waals surface area contributed by atoms with Gasteiger partial charge in [0.2, 0.25) is 0 Å². The van der Waals surface area contributed by atoms with E-state index in [0.717, 1.165) is 6.54 Å². The van der Waals surface area contributed by atoms with Gasteiger partial charge in [-0.15, -0.1) is 0 Å². The molecule has 128 valence electrons. The van der Waals surface area contributed by atoms with E-state index >= 15 is 0 Å². The maximum atomic E-state index is 3.42. The summed E-state index contributed by atoms with van der Waals surface area (Å²) >= 11 is 0. The maximum absolute atomic E-state index is 3.42. The van der Waals surface area contributed by atoms with Gasteiger partial charge < -0.3 is 12.4 Å². The smallest absolute Gasteiger partial charge is 0.254 e. The number of imidazole rings is 1. The Bertz CT molecular complexity index is 507. The summed E-state index contributed by atoms with van der Waals surface area (Å²) in [7, 11) is 0. The van der Waals surface area contributed by atoms with Crippen LogP contribution in [-0.2, 0) is 19.4 Å². The van der Waals surface area contributed by atoms with Gasteiger partial charge in [0.25, 0.3) is 5.82 Å². The minimum Gasteiger partial charge on any atom is -1.00 e. The molecule has 0 amide bonds. The van der Waals surface area contributed by atoms with Crippen LogP contribution in [0, 0.1) is 0 Å². The molecule has 3 heteroatoms. The number of nitrogens with one attached hydrogen (secondary N) is 1. The molecule has 0 atom stereocenters. The standard InChI is InChI=1S/C20H30N2.ClH/c1-2-3-4-5-9-15-20-21-16-18-22(20)17-11-10-14-19-12-7-6-8-13-19;/h6-8,12-13,16,18H,2-5,9-11,14-15,17H2,1H3;1H. The molecule has 0 aliphatic carbocycles. The first-order valence-electron chi connectivity index (χ1n) is 8.99. The highest BCUT2D eigenvalue weighted by Gasteiger charge is 2.09. The summed E-state index contributed by atoms with van der Waals surface area (Å²) < 4.78 is 2.41. The van der Waals surface area contributed by atoms with Gasteiger partial charge in [0.1, 0.15) is 12.4 Å². The van der Waals surface area contributed by atoms with E-state index in [4.69, 9.17) is 0 Å². The van der Waals surface area contributed by atoms with Crippen molar-refractivity contribution < 1.29 is 17.0 Å². The number of aromatic nitrogens is 2. The summed E-state index contributed by atoms with van der Waals surface area (Å²) in [5, 5.41) is 0. The lowest BCUT2D eigenvalue weighted by Gasteiger charge is -2.03. The van der Waals surface area contributed by atoms with Gasteiger partial charge in [-0.2, -0.15) is 0 Å². The van der Waals surface area contributed by atoms with Gasteiger partial charge in [0.05, 0.1) is 6.54 Å². The highest BCUT2D eigenvalue weighted by molar-refractivity contribution is 5.14. The van der Waals surface area contributed by atoms with Crippen LogP contribution in [0.2, 0.25) is 0 Å². The number of H-pyrrole nitrogens is 1. The SMILES string of the molecule is CCCCCCCc1[nH]cc[n+]1CCCCc1ccccc1.[Cl-]. The van der Waals surface area contributed by atoms with E-state index in [2.05, 4.69) is 59.2 Å². The molecular formula is C20H31ClN2. The van der Waals surface area contributed by atoms with Gasteiger partial charge >= 0.3 is 0 Å². The first kappa shape index (κ1) is 19.8. The van der Waals surface area contributed by atoms with Crippen molar-refractivity contribution in [1.29, 1.82) is 0 Å². The van der Waals surface area contributed by atoms with Crippen LogP contribution in [0.25, 0.3) is 0 Å². The number of hydrogen-bond acceptors (Lipinski definition) is 0. The molecule has 1 aromatic carbocycles. The molecule has 2 aromatic rings. The summed E-state index contributed by atoms with van der Waals surface area (Å²) in [6.07, 6.45) is 15.9. The molecule has 23 heavy (non-hydrogen) atoms. The zero-order valence-corrected chi connectivity index (χ0v) is 15.2. The Balaban J connectivity index is 0.00000264. The number of hydrogen-bond donors (Lipinski definition) is 1. The van der Waals surface area contributed by atoms with E-state index in [1.165, 1.54) is 69.2 Å². The minimum atomic E-state index is 0. The zero-order valence-electron chi connectivity index (χ0n) is 14.4. The summed E-state index contributed by atoms with van der Waals surface area (Å²) in [6, 6.07) is 10.8. The molecule has 2 rings (SSSR count). The van der Waals surface area contributed by atoms with Crippen LogP contribution >= 0.6 is 0 Å². The molecule has 0 unspecified atom stereocenters. The highest BCUT2D eigenvalue weighted by atomic mass is 35.5. The summed E-state index contributed by atoms with van der Waals surface area (Å²) in [5.41, 5.74) is 1.46. The van der Waals surface area contributed by atoms with Gasteiger partial charge in [-0.25, -0.2) is 9.55 Å². The molecule has 1 aromatic heterocycles. The fourth-order valence-corrected chi connectivity index (χ4v) is 2.97. The quantitative estimate of drug-likeness (QED) is 0.478. The lowest BCUT2D eigenvalue weighted by molar-refractivity contribution is -0.703. The fourth-order valence-electron chi connectivity index (χ4n) is 2.97. The van der Waals surface area contributed by atoms with Gasteiger partial charge in [0.15, 0.2) is 0 Å². The molecule has 0 aliphatic rings. The van der Waals surface area contributed by atoms with Crippen LogP contribution in [0.1, 0.15) is 63.3 Å². The third-order valence-corrected chi connectivity index (χ3v) is 4.33. The normalized spacial score (nSPS) is 10.5. The van der Waals surface area contributed by atoms with E-state index in [-0.39, 0.29) is 12.4 Å². The van der Waals surface area contributed by atoms with Crippen molar-refractivity contribution in [3.8, 4) is 0 Å². The number of halogens is 1. The maximum Gasteiger partial charge on any atom is 0.254 e. The van der Waals surface area contributed by atoms with Crippen molar-refractivity contribution >= 4 is 0 Å². The molecule has 1 heterocycles. The molecule has 0 bridgehead atoms. The predicted molar refractivity (Wildman–Crippen MR) is 92.8 cm³/mol. The van der Waals surface area contributed by atoms with E-state index in [9.17, 15) is 0 Å². The van der Waals surface area contributed by atoms with Crippen LogP contribution < -0.4 is 17.0 Å². The number of aromatic amines is 1. The molecule has 0 spiro atoms. The van der Waals surface area contributed by atoms with Crippen molar-refractivity contribution in [2.75, 3.05) is 0 Å². The first-order valence-corrected chi connectivity index (χ1v) is 8.99. The molecule has 2 nitrogen and oxygen atoms in total. The van der Waals surface area contributed by atoms with Crippen molar-refractivity contribution in [3.05, 3.63) is 54.1 Å². The zero-order chi connectivity index (χ0) is 15.5. The monoisotopic (exact) mass is 334 g/mol. The van der Waals surface area contributed by atoms with Crippen molar-refractivity contribution in [3.63, 3.8) is 0 Å². The second kappa shape index (κ2) is 12.2. The Hall–Kier alpha value is -1.28. The number of unbranched alkanes of at least 4 members (excludes halogenated alkanes) is 5. The lowest BCUT2D eigenvalue weighted by atomic mass is 10.1. The van der Waals surface area contributed by atoms with Crippen LogP contribution in [0.15, 0.2) is 42.7 Å². The van der Waals surface area contributed by atoms with Gasteiger partial charge in [-0.3, -0.25) is 0 Å². The van der Waals surface area contributed by atoms with Gasteiger partial charge in [0, 0.05) is 6.42 Å². The molecule has 0 saturated heterocycles. The average molecular weight is 335 g/mol. The molecule has 1 N–H and O–H groups in total. The molecule has 0 radical (unpaired) electrons. The molecular weight excluding hydrogens is 304 g/mol. The van der Waals surface area contributed by atoms with E-state index in [1.807, 2.05) is 0 Å². The van der Waals surface area contributed by atoms with Crippen molar-refractivity contribution in [2.24, 2.45) is 0 Å². The fraction of sp³-hybridized carbons (Fsp3) is 0.550. The van der Waals surface area contributed by atoms with E-state index in [1.54, 1.807) is 0 Å². The van der Waals surface area contributed by atoms with Crippen LogP contribution in [0.3, 0.4) is 0 Å². The van der Waals surface area contributed by atoms with E-state index in [0.29, 0.717) is 0 Å². The number of aryl methyl sites for hydroxylation is 3. The van der Waals surface area contributed by atoms with Gasteiger partial charge in [-0.1, -0.05) is 62.9 Å². The van der Waals surface area contributed by atoms with Crippen LogP contribution in [0.4, 0.5) is 0 Å². The second-order valence-corrected chi connectivity index (χ2v) is 6.21. The summed E-state index contributed by atoms with van der Waals surface area (Å²) in [6.45, 7) is 3.41. The average Bonchev–Trinajstić information content (AvgIpc) is 3.00. The predicted octanol–water partition coefficient (Wildman–Crippen LogP) is 1.84. The van der Waals surface area contributed by atoms with Crippen molar-refractivity contribution in [1.82, 2.24) is 4.98 Å². The van der Waals surface area contributed by atoms with Crippen LogP contribution in [0.5, 0.6) is 0 Å². The molecule has 0 saturated carbocycles. The lowest BCUT2D eigenvalue weighted by Crippen LogP contribution is -3.00. The summed E-state index contributed by atoms with van der Waals surface area (Å²) in [5.74, 6) is 1.40. The Morgan fingerprint density at radius 2 is 1.61 bits per heavy atom. The number of nitrogens with zero attached hydrogens (tertiary/aromatic N) is 1. The van der Waals surface area contributed by atoms with E-state index < -0.39 is 0 Å². The van der Waals surface area contributed by atoms with Crippen LogP contribution in [-0.4, -0.2) is 4.98 Å². The molecule has 0 fully saturated rings. The third kappa shape index (κ3) is 7.69. The highest BCUT2D eigenvalue weighted by Crippen LogP contribution is 2.07. The third-order valence-electron chi connectivity index (χ3n) is 4.33. The van der Waals surface area contributed by atoms with Crippen molar-refractivity contribution in [2.45, 2.75) is 71.3 Å². The Kier molecular flexibility index (Phi) is 10.5. The Labute approximate surface area is 147 Å². The number of benzene rings is 1. The summed E-state index contributed by atoms with van der Waals surface area (Å²) in [4.78, 5) is 3.42. The molecule has 0 aliphatic heterocycles. The van der Waals surface area contributed by atoms with Gasteiger partial charge in [-0.05, 0) is 31.2 Å². The first-order chi connectivity index (χ1) is 10.9.